The van der Waals surface area contributed by atoms with E-state index in [0.29, 0.717) is 47.2 Å². The minimum atomic E-state index is -0.284. The van der Waals surface area contributed by atoms with Gasteiger partial charge in [-0.25, -0.2) is 4.98 Å². The highest BCUT2D eigenvalue weighted by Crippen LogP contribution is 2.36. The Kier molecular flexibility index (Phi) is 12.6. The zero-order valence-electron chi connectivity index (χ0n) is 30.4. The molecule has 0 atom stereocenters. The van der Waals surface area contributed by atoms with Crippen molar-refractivity contribution in [1.29, 1.82) is 0 Å². The number of amides is 3. The number of anilines is 2. The van der Waals surface area contributed by atoms with Gasteiger partial charge in [0.15, 0.2) is 0 Å². The van der Waals surface area contributed by atoms with Crippen LogP contribution in [0.5, 0.6) is 0 Å². The molecule has 0 unspecified atom stereocenters. The van der Waals surface area contributed by atoms with Gasteiger partial charge in [-0.15, -0.1) is 0 Å². The zero-order valence-corrected chi connectivity index (χ0v) is 32.5. The van der Waals surface area contributed by atoms with Gasteiger partial charge in [-0.1, -0.05) is 83.3 Å². The molecule has 0 spiro atoms. The Morgan fingerprint density at radius 2 is 1.65 bits per heavy atom. The maximum absolute atomic E-state index is 13.3. The fraction of sp³-hybridized carbons (Fsp3) is 0.310. The predicted octanol–water partition coefficient (Wildman–Crippen LogP) is 5.33. The second-order valence-electron chi connectivity index (χ2n) is 13.7. The number of halogens is 1. The molecule has 7 rings (SSSR count). The standard InChI is InChI=1S/C42H43IN6O6/c43-25-38(50)44-16-19-54-20-21-55-27-39(51)46-32-11-10-31-22-40(52)49(37(31)23-32)33-13-17-48(18-14-33)26-28-6-8-30(9-7-28)41-34(29-4-2-1-3-5-29)24-35-36(47-41)12-15-45-42(35)53/h1-12,15,23-24,33H,13-14,16-22,25-27H2,(H,44,50)(H,45,53)(H,46,51). The lowest BCUT2D eigenvalue weighted by molar-refractivity contribution is -0.121. The molecule has 284 valence electrons. The number of pyridine rings is 2. The van der Waals surface area contributed by atoms with E-state index in [-0.39, 0.29) is 42.5 Å². The van der Waals surface area contributed by atoms with Crippen LogP contribution in [0.1, 0.15) is 24.0 Å². The van der Waals surface area contributed by atoms with E-state index >= 15 is 0 Å². The number of hydrogen-bond donors (Lipinski definition) is 3. The van der Waals surface area contributed by atoms with E-state index < -0.39 is 0 Å². The van der Waals surface area contributed by atoms with Gasteiger partial charge in [0, 0.05) is 60.9 Å². The average Bonchev–Trinajstić information content (AvgIpc) is 3.54. The van der Waals surface area contributed by atoms with Crippen LogP contribution < -0.4 is 21.1 Å². The molecule has 12 nitrogen and oxygen atoms in total. The molecule has 3 N–H and O–H groups in total. The first-order chi connectivity index (χ1) is 26.9. The van der Waals surface area contributed by atoms with Gasteiger partial charge in [0.1, 0.15) is 6.61 Å². The van der Waals surface area contributed by atoms with Crippen LogP contribution in [0.3, 0.4) is 0 Å². The second-order valence-corrected chi connectivity index (χ2v) is 14.4. The number of hydrogen-bond acceptors (Lipinski definition) is 8. The number of aromatic amines is 1. The monoisotopic (exact) mass is 854 g/mol. The molecule has 2 aliphatic heterocycles. The number of rotatable bonds is 15. The van der Waals surface area contributed by atoms with Gasteiger partial charge < -0.3 is 30.0 Å². The molecule has 13 heteroatoms. The topological polar surface area (TPSA) is 146 Å². The Morgan fingerprint density at radius 3 is 2.44 bits per heavy atom. The van der Waals surface area contributed by atoms with E-state index in [2.05, 4.69) is 44.8 Å². The Hall–Kier alpha value is -4.96. The number of nitrogens with one attached hydrogen (secondary N) is 3. The van der Waals surface area contributed by atoms with Gasteiger partial charge in [0.05, 0.1) is 47.3 Å². The van der Waals surface area contributed by atoms with E-state index in [1.807, 2.05) is 88.2 Å². The molecule has 1 fully saturated rings. The van der Waals surface area contributed by atoms with Crippen molar-refractivity contribution in [2.75, 3.05) is 60.7 Å². The summed E-state index contributed by atoms with van der Waals surface area (Å²) in [5.41, 5.74) is 7.86. The number of benzene rings is 3. The molecule has 5 aromatic rings. The van der Waals surface area contributed by atoms with Crippen LogP contribution in [0, 0.1) is 0 Å². The number of ether oxygens (including phenoxy) is 2. The van der Waals surface area contributed by atoms with Crippen molar-refractivity contribution in [2.24, 2.45) is 0 Å². The fourth-order valence-corrected chi connectivity index (χ4v) is 7.49. The smallest absolute Gasteiger partial charge is 0.257 e. The molecule has 55 heavy (non-hydrogen) atoms. The van der Waals surface area contributed by atoms with Gasteiger partial charge in [-0.2, -0.15) is 0 Å². The van der Waals surface area contributed by atoms with E-state index in [0.717, 1.165) is 66.1 Å². The van der Waals surface area contributed by atoms with Crippen LogP contribution in [0.25, 0.3) is 33.3 Å². The van der Waals surface area contributed by atoms with Crippen LogP contribution in [0.15, 0.2) is 95.9 Å². The molecule has 4 heterocycles. The summed E-state index contributed by atoms with van der Waals surface area (Å²) < 4.78 is 11.3. The van der Waals surface area contributed by atoms with Crippen molar-refractivity contribution in [3.63, 3.8) is 0 Å². The Labute approximate surface area is 332 Å². The van der Waals surface area contributed by atoms with Crippen molar-refractivity contribution < 1.29 is 23.9 Å². The van der Waals surface area contributed by atoms with Crippen LogP contribution >= 0.6 is 22.6 Å². The first-order valence-electron chi connectivity index (χ1n) is 18.5. The number of piperidine rings is 1. The molecule has 2 aliphatic rings. The van der Waals surface area contributed by atoms with Crippen molar-refractivity contribution in [3.05, 3.63) is 113 Å². The lowest BCUT2D eigenvalue weighted by atomic mass is 9.97. The normalized spacial score (nSPS) is 14.6. The van der Waals surface area contributed by atoms with Crippen LogP contribution in [-0.4, -0.2) is 89.1 Å². The third-order valence-corrected chi connectivity index (χ3v) is 10.6. The summed E-state index contributed by atoms with van der Waals surface area (Å²) in [6.45, 7) is 3.78. The van der Waals surface area contributed by atoms with E-state index in [4.69, 9.17) is 14.5 Å². The molecule has 0 radical (unpaired) electrons. The molecule has 0 saturated carbocycles. The maximum atomic E-state index is 13.3. The summed E-state index contributed by atoms with van der Waals surface area (Å²) in [6.07, 6.45) is 3.68. The quantitative estimate of drug-likeness (QED) is 0.0729. The largest absolute Gasteiger partial charge is 0.377 e. The predicted molar refractivity (Wildman–Crippen MR) is 221 cm³/mol. The molecular weight excluding hydrogens is 811 g/mol. The lowest BCUT2D eigenvalue weighted by Gasteiger charge is -2.37. The van der Waals surface area contributed by atoms with Gasteiger partial charge in [0.2, 0.25) is 17.7 Å². The van der Waals surface area contributed by atoms with Gasteiger partial charge >= 0.3 is 0 Å². The zero-order chi connectivity index (χ0) is 38.1. The number of nitrogens with zero attached hydrogens (tertiary/aromatic N) is 3. The summed E-state index contributed by atoms with van der Waals surface area (Å²) in [6, 6.07) is 28.0. The Bertz CT molecular complexity index is 2200. The van der Waals surface area contributed by atoms with Crippen LogP contribution in [0.4, 0.5) is 11.4 Å². The summed E-state index contributed by atoms with van der Waals surface area (Å²) in [4.78, 5) is 61.7. The van der Waals surface area contributed by atoms with E-state index in [1.54, 1.807) is 6.20 Å². The van der Waals surface area contributed by atoms with Gasteiger partial charge in [-0.3, -0.25) is 24.1 Å². The van der Waals surface area contributed by atoms with Crippen LogP contribution in [-0.2, 0) is 36.8 Å². The van der Waals surface area contributed by atoms with Crippen molar-refractivity contribution in [2.45, 2.75) is 31.8 Å². The second kappa shape index (κ2) is 18.1. The minimum Gasteiger partial charge on any atom is -0.377 e. The van der Waals surface area contributed by atoms with E-state index in [1.165, 1.54) is 5.56 Å². The summed E-state index contributed by atoms with van der Waals surface area (Å²) in [5, 5.41) is 6.18. The highest BCUT2D eigenvalue weighted by molar-refractivity contribution is 14.1. The molecule has 0 aliphatic carbocycles. The number of likely N-dealkylation sites (tertiary alicyclic amines) is 1. The first kappa shape index (κ1) is 38.3. The molecular formula is C42H43IN6O6. The summed E-state index contributed by atoms with van der Waals surface area (Å²) in [7, 11) is 0. The van der Waals surface area contributed by atoms with Crippen LogP contribution in [0.2, 0.25) is 0 Å². The first-order valence-corrected chi connectivity index (χ1v) is 20.0. The molecule has 1 saturated heterocycles. The third kappa shape index (κ3) is 9.47. The summed E-state index contributed by atoms with van der Waals surface area (Å²) >= 11 is 2.00. The number of aromatic nitrogens is 2. The van der Waals surface area contributed by atoms with Gasteiger partial charge in [-0.05, 0) is 53.8 Å². The number of fused-ring (bicyclic) bond motifs is 2. The third-order valence-electron chi connectivity index (χ3n) is 9.93. The minimum absolute atomic E-state index is 0.0343. The number of carbonyl (C=O) groups is 3. The lowest BCUT2D eigenvalue weighted by Crippen LogP contribution is -2.46. The number of carbonyl (C=O) groups excluding carboxylic acids is 3. The number of H-pyrrole nitrogens is 1. The van der Waals surface area contributed by atoms with Crippen molar-refractivity contribution in [1.82, 2.24) is 20.2 Å². The average molecular weight is 855 g/mol. The SMILES string of the molecule is O=C(CI)NCCOCCOCC(=O)Nc1ccc2c(c1)N(C1CCN(Cc3ccc(-c4nc5cc[nH]c(=O)c5cc4-c4ccccc4)cc3)CC1)C(=O)C2. The summed E-state index contributed by atoms with van der Waals surface area (Å²) in [5.74, 6) is -0.229. The molecule has 0 bridgehead atoms. The van der Waals surface area contributed by atoms with E-state index in [9.17, 15) is 19.2 Å². The maximum Gasteiger partial charge on any atom is 0.257 e. The molecule has 3 aromatic carbocycles. The number of alkyl halides is 1. The molecule has 2 aromatic heterocycles. The molecule has 3 amide bonds. The van der Waals surface area contributed by atoms with Crippen molar-refractivity contribution >= 4 is 62.6 Å². The Morgan fingerprint density at radius 1 is 0.873 bits per heavy atom. The fourth-order valence-electron chi connectivity index (χ4n) is 7.22. The van der Waals surface area contributed by atoms with Crippen molar-refractivity contribution in [3.8, 4) is 22.4 Å². The Balaban J connectivity index is 0.921. The van der Waals surface area contributed by atoms with Gasteiger partial charge in [0.25, 0.3) is 5.56 Å². The highest BCUT2D eigenvalue weighted by Gasteiger charge is 2.35. The highest BCUT2D eigenvalue weighted by atomic mass is 127.